The van der Waals surface area contributed by atoms with E-state index in [9.17, 15) is 0 Å². The molecule has 4 nitrogen and oxygen atoms in total. The summed E-state index contributed by atoms with van der Waals surface area (Å²) in [6.07, 6.45) is 3.02. The Kier molecular flexibility index (Phi) is 7.30. The number of aromatic nitrogens is 1. The Balaban J connectivity index is 0.00000121. The normalized spacial score (nSPS) is 10.4. The minimum absolute atomic E-state index is 0.142. The van der Waals surface area contributed by atoms with Gasteiger partial charge in [0.1, 0.15) is 6.61 Å². The highest BCUT2D eigenvalue weighted by molar-refractivity contribution is 5.12. The summed E-state index contributed by atoms with van der Waals surface area (Å²) in [7, 11) is 0. The second-order valence-electron chi connectivity index (χ2n) is 4.23. The summed E-state index contributed by atoms with van der Waals surface area (Å²) < 4.78 is 11.8. The first kappa shape index (κ1) is 15.7. The maximum atomic E-state index is 9.10. The van der Waals surface area contributed by atoms with Crippen molar-refractivity contribution in [3.05, 3.63) is 24.5 Å². The SMILES string of the molecule is CC.CC(C)(C)OCCOc1ccc[n+](O)c1. The van der Waals surface area contributed by atoms with E-state index in [-0.39, 0.29) is 5.60 Å². The Morgan fingerprint density at radius 2 is 1.88 bits per heavy atom. The highest BCUT2D eigenvalue weighted by Crippen LogP contribution is 2.08. The fraction of sp³-hybridized carbons (Fsp3) is 0.615. The van der Waals surface area contributed by atoms with Crippen molar-refractivity contribution in [2.24, 2.45) is 0 Å². The zero-order valence-corrected chi connectivity index (χ0v) is 11.4. The van der Waals surface area contributed by atoms with Crippen LogP contribution in [-0.2, 0) is 4.74 Å². The Bertz CT molecular complexity index is 308. The van der Waals surface area contributed by atoms with Gasteiger partial charge in [0, 0.05) is 10.8 Å². The van der Waals surface area contributed by atoms with Crippen LogP contribution in [0.1, 0.15) is 34.6 Å². The van der Waals surface area contributed by atoms with E-state index in [4.69, 9.17) is 14.7 Å². The van der Waals surface area contributed by atoms with Crippen LogP contribution in [0.2, 0.25) is 0 Å². The molecule has 1 N–H and O–H groups in total. The second-order valence-corrected chi connectivity index (χ2v) is 4.23. The first-order valence-corrected chi connectivity index (χ1v) is 5.95. The average molecular weight is 242 g/mol. The van der Waals surface area contributed by atoms with Crippen LogP contribution in [0.5, 0.6) is 5.75 Å². The van der Waals surface area contributed by atoms with E-state index >= 15 is 0 Å². The summed E-state index contributed by atoms with van der Waals surface area (Å²) in [6.45, 7) is 11.0. The van der Waals surface area contributed by atoms with Gasteiger partial charge < -0.3 is 9.47 Å². The summed E-state index contributed by atoms with van der Waals surface area (Å²) in [5.74, 6) is 0.623. The topological polar surface area (TPSA) is 42.6 Å². The van der Waals surface area contributed by atoms with Gasteiger partial charge in [-0.2, -0.15) is 0 Å². The number of hydrogen-bond donors (Lipinski definition) is 1. The van der Waals surface area contributed by atoms with Gasteiger partial charge in [-0.3, -0.25) is 5.21 Å². The van der Waals surface area contributed by atoms with Crippen LogP contribution >= 0.6 is 0 Å². The molecule has 0 aromatic carbocycles. The van der Waals surface area contributed by atoms with Crippen molar-refractivity contribution in [2.75, 3.05) is 13.2 Å². The molecule has 0 saturated heterocycles. The monoisotopic (exact) mass is 242 g/mol. The van der Waals surface area contributed by atoms with Gasteiger partial charge in [-0.25, -0.2) is 0 Å². The Morgan fingerprint density at radius 1 is 1.24 bits per heavy atom. The number of rotatable bonds is 4. The summed E-state index contributed by atoms with van der Waals surface area (Å²) >= 11 is 0. The maximum Gasteiger partial charge on any atom is 0.263 e. The number of ether oxygens (including phenoxy) is 2. The molecule has 0 bridgehead atoms. The minimum Gasteiger partial charge on any atom is -0.485 e. The zero-order chi connectivity index (χ0) is 13.3. The molecule has 1 rings (SSSR count). The van der Waals surface area contributed by atoms with Gasteiger partial charge in [0.2, 0.25) is 6.20 Å². The smallest absolute Gasteiger partial charge is 0.263 e. The third kappa shape index (κ3) is 8.51. The standard InChI is InChI=1S/C11H18NO3.C2H6/c1-11(2,3)15-8-7-14-10-5-4-6-12(13)9-10;1-2/h4-6,9,13H,7-8H2,1-3H3;1-2H3/q+1;. The van der Waals surface area contributed by atoms with Gasteiger partial charge in [0.25, 0.3) is 6.20 Å². The molecule has 0 atom stereocenters. The molecule has 0 unspecified atom stereocenters. The van der Waals surface area contributed by atoms with Crippen molar-refractivity contribution >= 4 is 0 Å². The van der Waals surface area contributed by atoms with E-state index in [0.29, 0.717) is 19.0 Å². The average Bonchev–Trinajstić information content (AvgIpc) is 2.26. The van der Waals surface area contributed by atoms with Gasteiger partial charge in [-0.15, -0.1) is 0 Å². The fourth-order valence-corrected chi connectivity index (χ4v) is 1.04. The quantitative estimate of drug-likeness (QED) is 0.501. The molecule has 17 heavy (non-hydrogen) atoms. The van der Waals surface area contributed by atoms with E-state index in [1.807, 2.05) is 34.6 Å². The molecule has 98 valence electrons. The first-order valence-electron chi connectivity index (χ1n) is 5.95. The minimum atomic E-state index is -0.142. The van der Waals surface area contributed by atoms with Crippen molar-refractivity contribution < 1.29 is 19.4 Å². The van der Waals surface area contributed by atoms with Crippen molar-refractivity contribution in [2.45, 2.75) is 40.2 Å². The van der Waals surface area contributed by atoms with Crippen LogP contribution < -0.4 is 9.47 Å². The van der Waals surface area contributed by atoms with Crippen LogP contribution in [0.4, 0.5) is 0 Å². The zero-order valence-electron chi connectivity index (χ0n) is 11.4. The maximum absolute atomic E-state index is 9.10. The lowest BCUT2D eigenvalue weighted by molar-refractivity contribution is -0.904. The lowest BCUT2D eigenvalue weighted by Gasteiger charge is -2.19. The molecule has 1 aromatic heterocycles. The van der Waals surface area contributed by atoms with Crippen molar-refractivity contribution in [3.8, 4) is 5.75 Å². The summed E-state index contributed by atoms with van der Waals surface area (Å²) in [5.41, 5.74) is -0.142. The molecular formula is C13H24NO3+. The van der Waals surface area contributed by atoms with Crippen molar-refractivity contribution in [3.63, 3.8) is 0 Å². The molecular weight excluding hydrogens is 218 g/mol. The van der Waals surface area contributed by atoms with Gasteiger partial charge in [0.05, 0.1) is 12.2 Å². The molecule has 0 aliphatic heterocycles. The molecule has 0 saturated carbocycles. The largest absolute Gasteiger partial charge is 0.485 e. The third-order valence-electron chi connectivity index (χ3n) is 1.65. The molecule has 1 aromatic rings. The molecule has 0 spiro atoms. The summed E-state index contributed by atoms with van der Waals surface area (Å²) in [5, 5.41) is 9.10. The summed E-state index contributed by atoms with van der Waals surface area (Å²) in [4.78, 5) is 0. The van der Waals surface area contributed by atoms with Crippen molar-refractivity contribution in [1.29, 1.82) is 0 Å². The first-order chi connectivity index (χ1) is 7.97. The molecule has 0 radical (unpaired) electrons. The van der Waals surface area contributed by atoms with Gasteiger partial charge in [0.15, 0.2) is 5.75 Å². The van der Waals surface area contributed by atoms with E-state index in [1.165, 1.54) is 12.4 Å². The molecule has 0 fully saturated rings. The van der Waals surface area contributed by atoms with Crippen LogP contribution in [0.3, 0.4) is 0 Å². The van der Waals surface area contributed by atoms with E-state index in [2.05, 4.69) is 0 Å². The molecule has 0 amide bonds. The number of hydrogen-bond acceptors (Lipinski definition) is 3. The highest BCUT2D eigenvalue weighted by Gasteiger charge is 2.09. The van der Waals surface area contributed by atoms with Gasteiger partial charge >= 0.3 is 0 Å². The molecule has 1 heterocycles. The second kappa shape index (κ2) is 7.90. The van der Waals surface area contributed by atoms with Crippen LogP contribution in [0, 0.1) is 0 Å². The number of pyridine rings is 1. The van der Waals surface area contributed by atoms with Crippen LogP contribution in [0.15, 0.2) is 24.5 Å². The van der Waals surface area contributed by atoms with Crippen LogP contribution in [-0.4, -0.2) is 24.0 Å². The van der Waals surface area contributed by atoms with Gasteiger partial charge in [-0.05, 0) is 26.8 Å². The van der Waals surface area contributed by atoms with E-state index in [0.717, 1.165) is 4.73 Å². The van der Waals surface area contributed by atoms with Gasteiger partial charge in [-0.1, -0.05) is 13.8 Å². The Hall–Kier alpha value is -1.29. The lowest BCUT2D eigenvalue weighted by atomic mass is 10.2. The molecule has 0 aliphatic carbocycles. The molecule has 4 heteroatoms. The predicted octanol–water partition coefficient (Wildman–Crippen LogP) is 2.43. The fourth-order valence-electron chi connectivity index (χ4n) is 1.04. The summed E-state index contributed by atoms with van der Waals surface area (Å²) in [6, 6.07) is 3.49. The number of nitrogens with zero attached hydrogens (tertiary/aromatic N) is 1. The van der Waals surface area contributed by atoms with E-state index in [1.54, 1.807) is 12.1 Å². The van der Waals surface area contributed by atoms with Crippen LogP contribution in [0.25, 0.3) is 0 Å². The Morgan fingerprint density at radius 3 is 2.41 bits per heavy atom. The lowest BCUT2D eigenvalue weighted by Crippen LogP contribution is -2.28. The van der Waals surface area contributed by atoms with E-state index < -0.39 is 0 Å². The molecule has 0 aliphatic rings. The highest BCUT2D eigenvalue weighted by atomic mass is 16.5. The Labute approximate surface area is 104 Å². The third-order valence-corrected chi connectivity index (χ3v) is 1.65. The van der Waals surface area contributed by atoms with Crippen molar-refractivity contribution in [1.82, 2.24) is 0 Å². The predicted molar refractivity (Wildman–Crippen MR) is 66.4 cm³/mol.